The number of amides is 1. The molecule has 27 heavy (non-hydrogen) atoms. The molecule has 0 unspecified atom stereocenters. The Hall–Kier alpha value is -1.47. The van der Waals surface area contributed by atoms with Crippen LogP contribution in [0.2, 0.25) is 9.36 Å². The van der Waals surface area contributed by atoms with E-state index in [9.17, 15) is 9.18 Å². The van der Waals surface area contributed by atoms with Crippen molar-refractivity contribution in [1.29, 1.82) is 0 Å². The summed E-state index contributed by atoms with van der Waals surface area (Å²) in [6.45, 7) is 4.07. The summed E-state index contributed by atoms with van der Waals surface area (Å²) in [7, 11) is 0. The molecular formula is C19H20Cl2FN3OS. The summed E-state index contributed by atoms with van der Waals surface area (Å²) >= 11 is 13.4. The maximum Gasteiger partial charge on any atom is 0.243 e. The number of carbonyl (C=O) groups excluding carboxylic acids is 1. The Morgan fingerprint density at radius 1 is 1.30 bits per heavy atom. The highest BCUT2D eigenvalue weighted by molar-refractivity contribution is 7.18. The highest BCUT2D eigenvalue weighted by atomic mass is 35.5. The lowest BCUT2D eigenvalue weighted by Gasteiger charge is -2.31. The Bertz CT molecular complexity index is 847. The fourth-order valence-corrected chi connectivity index (χ4v) is 4.25. The molecule has 1 fully saturated rings. The third kappa shape index (κ3) is 5.51. The van der Waals surface area contributed by atoms with E-state index in [0.29, 0.717) is 15.9 Å². The largest absolute Gasteiger partial charge is 0.299 e. The predicted molar refractivity (Wildman–Crippen MR) is 109 cm³/mol. The molecule has 1 aromatic heterocycles. The number of thiophene rings is 1. The standard InChI is InChI=1S/C19H20Cl2FN3OS/c1-12(17-4-5-18(21)27-17)23-24-19(26)13-6-8-25(9-7-13)11-14-2-3-15(22)10-16(14)20/h2-5,10,13H,6-9,11H2,1H3,(H,24,26). The second-order valence-electron chi connectivity index (χ2n) is 6.56. The molecule has 0 aliphatic carbocycles. The van der Waals surface area contributed by atoms with Crippen LogP contribution in [0.4, 0.5) is 4.39 Å². The molecule has 1 amide bonds. The van der Waals surface area contributed by atoms with Gasteiger partial charge >= 0.3 is 0 Å². The summed E-state index contributed by atoms with van der Waals surface area (Å²) in [6, 6.07) is 8.16. The van der Waals surface area contributed by atoms with E-state index >= 15 is 0 Å². The third-order valence-electron chi connectivity index (χ3n) is 4.63. The number of hydrazone groups is 1. The molecule has 1 aliphatic heterocycles. The number of hydrogen-bond donors (Lipinski definition) is 1. The zero-order valence-corrected chi connectivity index (χ0v) is 17.2. The van der Waals surface area contributed by atoms with Gasteiger partial charge in [0.2, 0.25) is 5.91 Å². The topological polar surface area (TPSA) is 44.7 Å². The van der Waals surface area contributed by atoms with Crippen LogP contribution in [0.1, 0.15) is 30.2 Å². The SMILES string of the molecule is CC(=NNC(=O)C1CCN(Cc2ccc(F)cc2Cl)CC1)c1ccc(Cl)s1. The van der Waals surface area contributed by atoms with Crippen molar-refractivity contribution in [2.75, 3.05) is 13.1 Å². The van der Waals surface area contributed by atoms with Crippen molar-refractivity contribution in [3.05, 3.63) is 55.9 Å². The van der Waals surface area contributed by atoms with Crippen LogP contribution in [0.25, 0.3) is 0 Å². The van der Waals surface area contributed by atoms with Crippen LogP contribution in [0.5, 0.6) is 0 Å². The van der Waals surface area contributed by atoms with Gasteiger partial charge in [0, 0.05) is 17.5 Å². The summed E-state index contributed by atoms with van der Waals surface area (Å²) in [6.07, 6.45) is 1.51. The number of piperidine rings is 1. The molecule has 1 N–H and O–H groups in total. The third-order valence-corrected chi connectivity index (χ3v) is 6.32. The lowest BCUT2D eigenvalue weighted by molar-refractivity contribution is -0.126. The highest BCUT2D eigenvalue weighted by Gasteiger charge is 2.25. The van der Waals surface area contributed by atoms with Gasteiger partial charge in [-0.15, -0.1) is 11.3 Å². The van der Waals surface area contributed by atoms with Crippen molar-refractivity contribution < 1.29 is 9.18 Å². The summed E-state index contributed by atoms with van der Waals surface area (Å²) in [5.41, 5.74) is 4.31. The molecule has 0 radical (unpaired) electrons. The smallest absolute Gasteiger partial charge is 0.243 e. The Kier molecular flexibility index (Phi) is 6.87. The molecule has 3 rings (SSSR count). The van der Waals surface area contributed by atoms with Crippen LogP contribution in [-0.2, 0) is 11.3 Å². The van der Waals surface area contributed by atoms with Crippen LogP contribution in [0.15, 0.2) is 35.4 Å². The van der Waals surface area contributed by atoms with E-state index in [1.54, 1.807) is 6.07 Å². The van der Waals surface area contributed by atoms with Crippen LogP contribution in [0.3, 0.4) is 0 Å². The Labute approximate surface area is 172 Å². The minimum Gasteiger partial charge on any atom is -0.299 e. The maximum atomic E-state index is 13.1. The van der Waals surface area contributed by atoms with Crippen molar-refractivity contribution in [2.45, 2.75) is 26.3 Å². The molecule has 8 heteroatoms. The molecule has 4 nitrogen and oxygen atoms in total. The Morgan fingerprint density at radius 3 is 2.67 bits per heavy atom. The van der Waals surface area contributed by atoms with Crippen molar-refractivity contribution in [2.24, 2.45) is 11.0 Å². The summed E-state index contributed by atoms with van der Waals surface area (Å²) in [5, 5.41) is 4.63. The molecule has 0 spiro atoms. The summed E-state index contributed by atoms with van der Waals surface area (Å²) < 4.78 is 13.8. The van der Waals surface area contributed by atoms with Crippen molar-refractivity contribution in [3.63, 3.8) is 0 Å². The van der Waals surface area contributed by atoms with Gasteiger partial charge in [-0.25, -0.2) is 9.82 Å². The quantitative estimate of drug-likeness (QED) is 0.541. The molecule has 0 atom stereocenters. The fraction of sp³-hybridized carbons (Fsp3) is 0.368. The maximum absolute atomic E-state index is 13.1. The number of hydrogen-bond acceptors (Lipinski definition) is 4. The average molecular weight is 428 g/mol. The molecule has 144 valence electrons. The Balaban J connectivity index is 1.49. The predicted octanol–water partition coefficient (Wildman–Crippen LogP) is 4.95. The first-order valence-electron chi connectivity index (χ1n) is 8.68. The number of rotatable bonds is 5. The number of carbonyl (C=O) groups is 1. The first-order valence-corrected chi connectivity index (χ1v) is 10.3. The fourth-order valence-electron chi connectivity index (χ4n) is 3.04. The van der Waals surface area contributed by atoms with Gasteiger partial charge in [-0.2, -0.15) is 5.10 Å². The van der Waals surface area contributed by atoms with Gasteiger partial charge < -0.3 is 0 Å². The first kappa shape index (κ1) is 20.3. The summed E-state index contributed by atoms with van der Waals surface area (Å²) in [5.74, 6) is -0.454. The van der Waals surface area contributed by atoms with Gasteiger partial charge in [0.05, 0.1) is 14.9 Å². The van der Waals surface area contributed by atoms with Crippen molar-refractivity contribution in [3.8, 4) is 0 Å². The molecule has 1 aliphatic rings. The van der Waals surface area contributed by atoms with Crippen LogP contribution < -0.4 is 5.43 Å². The van der Waals surface area contributed by atoms with Gasteiger partial charge in [0.25, 0.3) is 0 Å². The second kappa shape index (κ2) is 9.15. The van der Waals surface area contributed by atoms with E-state index < -0.39 is 0 Å². The minimum atomic E-state index is -0.334. The zero-order chi connectivity index (χ0) is 19.4. The van der Waals surface area contributed by atoms with E-state index in [0.717, 1.165) is 42.1 Å². The van der Waals surface area contributed by atoms with Crippen molar-refractivity contribution in [1.82, 2.24) is 10.3 Å². The van der Waals surface area contributed by atoms with Crippen LogP contribution in [0, 0.1) is 11.7 Å². The Morgan fingerprint density at radius 2 is 2.04 bits per heavy atom. The highest BCUT2D eigenvalue weighted by Crippen LogP contribution is 2.24. The van der Waals surface area contributed by atoms with E-state index in [1.807, 2.05) is 19.1 Å². The van der Waals surface area contributed by atoms with Gasteiger partial charge in [-0.3, -0.25) is 9.69 Å². The van der Waals surface area contributed by atoms with E-state index in [1.165, 1.54) is 23.5 Å². The van der Waals surface area contributed by atoms with E-state index in [2.05, 4.69) is 15.4 Å². The first-order chi connectivity index (χ1) is 12.9. The molecule has 1 aromatic carbocycles. The summed E-state index contributed by atoms with van der Waals surface area (Å²) in [4.78, 5) is 15.5. The number of halogens is 3. The number of benzene rings is 1. The van der Waals surface area contributed by atoms with Gasteiger partial charge in [0.1, 0.15) is 5.82 Å². The average Bonchev–Trinajstić information content (AvgIpc) is 3.09. The lowest BCUT2D eigenvalue weighted by Crippen LogP contribution is -2.39. The van der Waals surface area contributed by atoms with E-state index in [-0.39, 0.29) is 17.6 Å². The number of nitrogens with one attached hydrogen (secondary N) is 1. The molecule has 0 bridgehead atoms. The molecule has 1 saturated heterocycles. The molecule has 2 heterocycles. The number of nitrogens with zero attached hydrogens (tertiary/aromatic N) is 2. The minimum absolute atomic E-state index is 0.0588. The van der Waals surface area contributed by atoms with Gasteiger partial charge in [-0.1, -0.05) is 29.3 Å². The van der Waals surface area contributed by atoms with E-state index in [4.69, 9.17) is 23.2 Å². The molecule has 2 aromatic rings. The van der Waals surface area contributed by atoms with Gasteiger partial charge in [-0.05, 0) is 62.7 Å². The second-order valence-corrected chi connectivity index (χ2v) is 8.69. The van der Waals surface area contributed by atoms with Crippen LogP contribution in [-0.4, -0.2) is 29.6 Å². The van der Waals surface area contributed by atoms with Gasteiger partial charge in [0.15, 0.2) is 0 Å². The lowest BCUT2D eigenvalue weighted by atomic mass is 9.96. The number of likely N-dealkylation sites (tertiary alicyclic amines) is 1. The molecule has 0 saturated carbocycles. The molecular weight excluding hydrogens is 408 g/mol. The van der Waals surface area contributed by atoms with Crippen LogP contribution >= 0.6 is 34.5 Å². The van der Waals surface area contributed by atoms with Crippen molar-refractivity contribution >= 4 is 46.2 Å². The normalized spacial score (nSPS) is 16.5. The monoisotopic (exact) mass is 427 g/mol. The zero-order valence-electron chi connectivity index (χ0n) is 14.8.